The van der Waals surface area contributed by atoms with Crippen molar-refractivity contribution in [3.05, 3.63) is 0 Å². The maximum Gasteiger partial charge on any atom is 0.356 e. The summed E-state index contributed by atoms with van der Waals surface area (Å²) in [6, 6.07) is 0. The highest BCUT2D eigenvalue weighted by molar-refractivity contribution is 6.36. The molecule has 90 valence electrons. The van der Waals surface area contributed by atoms with Crippen LogP contribution in [-0.2, 0) is 19.2 Å². The number of carbonyl (C=O) groups is 2. The van der Waals surface area contributed by atoms with Gasteiger partial charge in [-0.25, -0.2) is 4.79 Å². The Kier molecular flexibility index (Phi) is 4.04. The molecule has 0 aliphatic carbocycles. The van der Waals surface area contributed by atoms with Crippen molar-refractivity contribution in [2.45, 2.75) is 39.7 Å². The highest BCUT2D eigenvalue weighted by atomic mass is 16.6. The van der Waals surface area contributed by atoms with E-state index < -0.39 is 11.4 Å². The maximum atomic E-state index is 11.3. The molecule has 1 rings (SSSR count). The molecule has 0 spiro atoms. The van der Waals surface area contributed by atoms with Crippen molar-refractivity contribution in [3.8, 4) is 0 Å². The molecular weight excluding hydrogens is 210 g/mol. The molecule has 1 heterocycles. The third kappa shape index (κ3) is 3.32. The van der Waals surface area contributed by atoms with Gasteiger partial charge in [-0.2, -0.15) is 0 Å². The number of rotatable bonds is 5. The molecule has 0 amide bonds. The highest BCUT2D eigenvalue weighted by Gasteiger charge is 2.31. The zero-order chi connectivity index (χ0) is 12.2. The maximum absolute atomic E-state index is 11.3. The lowest BCUT2D eigenvalue weighted by Gasteiger charge is -2.19. The summed E-state index contributed by atoms with van der Waals surface area (Å²) >= 11 is 0. The van der Waals surface area contributed by atoms with Gasteiger partial charge in [0.05, 0.1) is 6.61 Å². The molecule has 5 nitrogen and oxygen atoms in total. The van der Waals surface area contributed by atoms with Crippen LogP contribution in [0.3, 0.4) is 0 Å². The third-order valence-electron chi connectivity index (χ3n) is 2.32. The number of ether oxygens (including phenoxy) is 1. The van der Waals surface area contributed by atoms with Crippen molar-refractivity contribution in [1.82, 2.24) is 0 Å². The molecule has 0 radical (unpaired) electrons. The lowest BCUT2D eigenvalue weighted by atomic mass is 9.87. The third-order valence-corrected chi connectivity index (χ3v) is 2.32. The van der Waals surface area contributed by atoms with Crippen LogP contribution in [0.25, 0.3) is 0 Å². The van der Waals surface area contributed by atoms with Gasteiger partial charge in [-0.3, -0.25) is 0 Å². The average Bonchev–Trinajstić information content (AvgIpc) is 2.66. The minimum atomic E-state index is -0.454. The van der Waals surface area contributed by atoms with Gasteiger partial charge in [-0.15, -0.1) is 0 Å². The molecule has 5 heteroatoms. The smallest absolute Gasteiger partial charge is 0.356 e. The molecule has 0 aromatic carbocycles. The van der Waals surface area contributed by atoms with Crippen molar-refractivity contribution in [2.75, 3.05) is 6.61 Å². The summed E-state index contributed by atoms with van der Waals surface area (Å²) in [7, 11) is 0. The molecule has 0 saturated heterocycles. The number of hydrogen-bond donors (Lipinski definition) is 0. The topological polar surface area (TPSA) is 65.0 Å². The lowest BCUT2D eigenvalue weighted by molar-refractivity contribution is -0.135. The molecule has 0 N–H and O–H groups in total. The summed E-state index contributed by atoms with van der Waals surface area (Å²) in [5.41, 5.74) is -0.154. The number of esters is 1. The van der Waals surface area contributed by atoms with Crippen LogP contribution in [0.15, 0.2) is 5.16 Å². The summed E-state index contributed by atoms with van der Waals surface area (Å²) in [6.07, 6.45) is 1.64. The van der Waals surface area contributed by atoms with E-state index in [0.717, 1.165) is 6.29 Å². The molecule has 1 aliphatic rings. The fraction of sp³-hybridized carbons (Fsp3) is 0.727. The Balaban J connectivity index is 2.45. The number of nitrogens with zero attached hydrogens (tertiary/aromatic N) is 1. The Morgan fingerprint density at radius 3 is 2.94 bits per heavy atom. The molecule has 16 heavy (non-hydrogen) atoms. The van der Waals surface area contributed by atoms with E-state index in [9.17, 15) is 9.59 Å². The largest absolute Gasteiger partial charge is 0.461 e. The molecule has 0 aromatic rings. The van der Waals surface area contributed by atoms with E-state index >= 15 is 0 Å². The number of aldehydes is 1. The molecule has 0 bridgehead atoms. The molecule has 0 saturated carbocycles. The van der Waals surface area contributed by atoms with Crippen molar-refractivity contribution in [1.29, 1.82) is 0 Å². The van der Waals surface area contributed by atoms with Crippen molar-refractivity contribution in [2.24, 2.45) is 10.6 Å². The molecule has 0 fully saturated rings. The van der Waals surface area contributed by atoms with Gasteiger partial charge < -0.3 is 14.4 Å². The summed E-state index contributed by atoms with van der Waals surface area (Å²) in [4.78, 5) is 27.2. The van der Waals surface area contributed by atoms with Gasteiger partial charge >= 0.3 is 5.97 Å². The summed E-state index contributed by atoms with van der Waals surface area (Å²) in [5, 5.41) is 3.68. The van der Waals surface area contributed by atoms with Crippen molar-refractivity contribution >= 4 is 18.0 Å². The molecule has 1 unspecified atom stereocenters. The first-order chi connectivity index (χ1) is 7.48. The lowest BCUT2D eigenvalue weighted by Crippen LogP contribution is -2.24. The van der Waals surface area contributed by atoms with Crippen LogP contribution in [0.4, 0.5) is 0 Å². The van der Waals surface area contributed by atoms with Crippen LogP contribution in [0, 0.1) is 5.41 Å². The van der Waals surface area contributed by atoms with E-state index in [4.69, 9.17) is 9.57 Å². The Labute approximate surface area is 94.8 Å². The fourth-order valence-electron chi connectivity index (χ4n) is 1.51. The van der Waals surface area contributed by atoms with E-state index in [2.05, 4.69) is 5.16 Å². The molecular formula is C11H17NO4. The number of hydrogen-bond acceptors (Lipinski definition) is 5. The Morgan fingerprint density at radius 1 is 1.69 bits per heavy atom. The van der Waals surface area contributed by atoms with Crippen LogP contribution < -0.4 is 0 Å². The number of oxime groups is 1. The van der Waals surface area contributed by atoms with E-state index in [1.807, 2.05) is 13.8 Å². The van der Waals surface area contributed by atoms with Gasteiger partial charge in [0.25, 0.3) is 0 Å². The molecule has 1 atom stereocenters. The second-order valence-electron chi connectivity index (χ2n) is 4.50. The summed E-state index contributed by atoms with van der Waals surface area (Å²) in [6.45, 7) is 5.71. The fourth-order valence-corrected chi connectivity index (χ4v) is 1.51. The zero-order valence-electron chi connectivity index (χ0n) is 9.86. The van der Waals surface area contributed by atoms with Crippen LogP contribution in [0.2, 0.25) is 0 Å². The Bertz CT molecular complexity index is 309. The summed E-state index contributed by atoms with van der Waals surface area (Å²) in [5.74, 6) is -0.436. The van der Waals surface area contributed by atoms with Gasteiger partial charge in [0.2, 0.25) is 0 Å². The number of carbonyl (C=O) groups excluding carboxylic acids is 2. The van der Waals surface area contributed by atoms with Crippen molar-refractivity contribution in [3.63, 3.8) is 0 Å². The van der Waals surface area contributed by atoms with E-state index in [0.29, 0.717) is 25.2 Å². The van der Waals surface area contributed by atoms with Crippen molar-refractivity contribution < 1.29 is 19.2 Å². The SMILES string of the molecule is CCOC(=O)C1=NOC(CC(C)(C)C=O)C1. The van der Waals surface area contributed by atoms with Gasteiger partial charge in [0, 0.05) is 11.8 Å². The van der Waals surface area contributed by atoms with Crippen LogP contribution in [0.5, 0.6) is 0 Å². The summed E-state index contributed by atoms with van der Waals surface area (Å²) < 4.78 is 4.81. The molecule has 1 aliphatic heterocycles. The average molecular weight is 227 g/mol. The van der Waals surface area contributed by atoms with Crippen LogP contribution in [-0.4, -0.2) is 30.7 Å². The monoisotopic (exact) mass is 227 g/mol. The van der Waals surface area contributed by atoms with Crippen LogP contribution in [0.1, 0.15) is 33.6 Å². The standard InChI is InChI=1S/C11H17NO4/c1-4-15-10(14)9-5-8(16-12-9)6-11(2,3)7-13/h7-8H,4-6H2,1-3H3. The minimum absolute atomic E-state index is 0.209. The first-order valence-corrected chi connectivity index (χ1v) is 5.34. The predicted molar refractivity (Wildman–Crippen MR) is 58.0 cm³/mol. The second kappa shape index (κ2) is 5.09. The highest BCUT2D eigenvalue weighted by Crippen LogP contribution is 2.25. The van der Waals surface area contributed by atoms with E-state index in [1.165, 1.54) is 0 Å². The predicted octanol–water partition coefficient (Wildman–Crippen LogP) is 1.31. The van der Waals surface area contributed by atoms with Gasteiger partial charge in [0.1, 0.15) is 12.4 Å². The van der Waals surface area contributed by atoms with E-state index in [1.54, 1.807) is 6.92 Å². The van der Waals surface area contributed by atoms with Gasteiger partial charge in [-0.05, 0) is 13.3 Å². The van der Waals surface area contributed by atoms with Gasteiger partial charge in [-0.1, -0.05) is 19.0 Å². The van der Waals surface area contributed by atoms with Crippen LogP contribution >= 0.6 is 0 Å². The van der Waals surface area contributed by atoms with E-state index in [-0.39, 0.29) is 6.10 Å². The normalized spacial score (nSPS) is 19.9. The Hall–Kier alpha value is -1.39. The second-order valence-corrected chi connectivity index (χ2v) is 4.50. The zero-order valence-corrected chi connectivity index (χ0v) is 9.86. The minimum Gasteiger partial charge on any atom is -0.461 e. The first kappa shape index (κ1) is 12.7. The first-order valence-electron chi connectivity index (χ1n) is 5.34. The molecule has 0 aromatic heterocycles. The van der Waals surface area contributed by atoms with Gasteiger partial charge in [0.15, 0.2) is 5.71 Å². The quantitative estimate of drug-likeness (QED) is 0.524. The Morgan fingerprint density at radius 2 is 2.38 bits per heavy atom.